The average molecular weight is 284 g/mol. The average Bonchev–Trinajstić information content (AvgIpc) is 2.35. The van der Waals surface area contributed by atoms with Crippen molar-refractivity contribution >= 4 is 24.0 Å². The molecule has 0 aromatic carbocycles. The molecule has 0 saturated carbocycles. The molecule has 1 saturated heterocycles. The maximum Gasteiger partial charge on any atom is 0.228 e. The predicted molar refractivity (Wildman–Crippen MR) is 79.1 cm³/mol. The van der Waals surface area contributed by atoms with E-state index < -0.39 is 0 Å². The molecular formula is C14H22ClN3O. The molecule has 2 heterocycles. The number of nitrogens with zero attached hydrogens (tertiary/aromatic N) is 2. The third-order valence-corrected chi connectivity index (χ3v) is 3.87. The molecule has 2 rings (SSSR count). The molecule has 1 amide bonds. The Balaban J connectivity index is 0.00000180. The van der Waals surface area contributed by atoms with Crippen molar-refractivity contribution in [3.8, 4) is 0 Å². The second-order valence-corrected chi connectivity index (χ2v) is 5.34. The van der Waals surface area contributed by atoms with Crippen molar-refractivity contribution in [2.24, 2.45) is 11.8 Å². The lowest BCUT2D eigenvalue weighted by atomic mass is 9.88. The molecule has 1 aromatic heterocycles. The normalized spacial score (nSPS) is 22.7. The monoisotopic (exact) mass is 283 g/mol. The summed E-state index contributed by atoms with van der Waals surface area (Å²) in [5.41, 5.74) is 7.00. The van der Waals surface area contributed by atoms with Crippen LogP contribution in [0, 0.1) is 11.8 Å². The van der Waals surface area contributed by atoms with Crippen molar-refractivity contribution < 1.29 is 4.79 Å². The summed E-state index contributed by atoms with van der Waals surface area (Å²) in [6.07, 6.45) is 3.08. The Morgan fingerprint density at radius 2 is 2.16 bits per heavy atom. The van der Waals surface area contributed by atoms with Crippen LogP contribution in [0.15, 0.2) is 18.3 Å². The van der Waals surface area contributed by atoms with Gasteiger partial charge in [-0.3, -0.25) is 9.78 Å². The van der Waals surface area contributed by atoms with Crippen molar-refractivity contribution in [3.63, 3.8) is 0 Å². The maximum absolute atomic E-state index is 12.2. The van der Waals surface area contributed by atoms with Crippen LogP contribution in [0.1, 0.15) is 26.0 Å². The Morgan fingerprint density at radius 3 is 2.74 bits per heavy atom. The molecule has 0 bridgehead atoms. The zero-order valence-corrected chi connectivity index (χ0v) is 12.3. The quantitative estimate of drug-likeness (QED) is 0.904. The number of pyridine rings is 1. The molecule has 1 aliphatic heterocycles. The second-order valence-electron chi connectivity index (χ2n) is 5.34. The largest absolute Gasteiger partial charge is 0.397 e. The molecule has 19 heavy (non-hydrogen) atoms. The highest BCUT2D eigenvalue weighted by Gasteiger charge is 2.25. The van der Waals surface area contributed by atoms with Crippen molar-refractivity contribution in [1.29, 1.82) is 0 Å². The van der Waals surface area contributed by atoms with Crippen molar-refractivity contribution in [2.75, 3.05) is 18.8 Å². The van der Waals surface area contributed by atoms with Crippen LogP contribution < -0.4 is 5.73 Å². The molecular weight excluding hydrogens is 262 g/mol. The number of piperidine rings is 1. The molecule has 2 N–H and O–H groups in total. The van der Waals surface area contributed by atoms with E-state index >= 15 is 0 Å². The van der Waals surface area contributed by atoms with E-state index in [1.807, 2.05) is 11.0 Å². The van der Waals surface area contributed by atoms with Crippen molar-refractivity contribution in [2.45, 2.75) is 26.7 Å². The Hall–Kier alpha value is -1.29. The van der Waals surface area contributed by atoms with Gasteiger partial charge in [0, 0.05) is 18.8 Å². The Kier molecular flexibility index (Phi) is 5.60. The molecule has 1 fully saturated rings. The number of aromatic nitrogens is 1. The molecule has 0 radical (unpaired) electrons. The minimum atomic E-state index is 0. The summed E-state index contributed by atoms with van der Waals surface area (Å²) in [7, 11) is 0. The van der Waals surface area contributed by atoms with Gasteiger partial charge < -0.3 is 10.6 Å². The third-order valence-electron chi connectivity index (χ3n) is 3.87. The van der Waals surface area contributed by atoms with E-state index in [1.165, 1.54) is 0 Å². The van der Waals surface area contributed by atoms with Crippen LogP contribution in [-0.4, -0.2) is 28.9 Å². The fourth-order valence-corrected chi connectivity index (χ4v) is 2.30. The second kappa shape index (κ2) is 6.75. The number of nitrogen functional groups attached to an aromatic ring is 1. The van der Waals surface area contributed by atoms with Crippen LogP contribution in [0.25, 0.3) is 0 Å². The number of likely N-dealkylation sites (tertiary alicyclic amines) is 1. The number of hydrogen-bond donors (Lipinski definition) is 1. The van der Waals surface area contributed by atoms with Crippen LogP contribution in [-0.2, 0) is 11.2 Å². The number of rotatable bonds is 2. The van der Waals surface area contributed by atoms with Gasteiger partial charge in [0.1, 0.15) is 0 Å². The summed E-state index contributed by atoms with van der Waals surface area (Å²) in [6, 6.07) is 3.61. The van der Waals surface area contributed by atoms with Gasteiger partial charge >= 0.3 is 0 Å². The van der Waals surface area contributed by atoms with Gasteiger partial charge in [-0.25, -0.2) is 0 Å². The van der Waals surface area contributed by atoms with Crippen LogP contribution in [0.3, 0.4) is 0 Å². The summed E-state index contributed by atoms with van der Waals surface area (Å²) in [6.45, 7) is 6.22. The lowest BCUT2D eigenvalue weighted by molar-refractivity contribution is -0.132. The van der Waals surface area contributed by atoms with Crippen molar-refractivity contribution in [1.82, 2.24) is 9.88 Å². The zero-order chi connectivity index (χ0) is 13.1. The van der Waals surface area contributed by atoms with Gasteiger partial charge in [-0.2, -0.15) is 0 Å². The van der Waals surface area contributed by atoms with Crippen LogP contribution in [0.4, 0.5) is 5.69 Å². The summed E-state index contributed by atoms with van der Waals surface area (Å²) < 4.78 is 0. The SMILES string of the molecule is CC1CCN(C(=O)Cc2ccc(N)cn2)CC1C.Cl. The lowest BCUT2D eigenvalue weighted by Gasteiger charge is -2.35. The maximum atomic E-state index is 12.2. The number of halogens is 1. The molecule has 2 atom stereocenters. The highest BCUT2D eigenvalue weighted by molar-refractivity contribution is 5.85. The van der Waals surface area contributed by atoms with Crippen LogP contribution >= 0.6 is 12.4 Å². The van der Waals surface area contributed by atoms with Gasteiger partial charge in [-0.1, -0.05) is 13.8 Å². The molecule has 1 aromatic rings. The number of amides is 1. The first kappa shape index (κ1) is 15.8. The predicted octanol–water partition coefficient (Wildman–Crippen LogP) is 2.13. The number of anilines is 1. The van der Waals surface area contributed by atoms with Gasteiger partial charge in [-0.05, 0) is 30.4 Å². The fraction of sp³-hybridized carbons (Fsp3) is 0.571. The standard InChI is InChI=1S/C14H21N3O.ClH/c1-10-5-6-17(9-11(10)2)14(18)7-13-4-3-12(15)8-16-13;/h3-4,8,10-11H,5-7,9,15H2,1-2H3;1H. The highest BCUT2D eigenvalue weighted by atomic mass is 35.5. The van der Waals surface area contributed by atoms with Crippen LogP contribution in [0.5, 0.6) is 0 Å². The van der Waals surface area contributed by atoms with Gasteiger partial charge in [0.25, 0.3) is 0 Å². The van der Waals surface area contributed by atoms with E-state index in [4.69, 9.17) is 5.73 Å². The molecule has 0 spiro atoms. The molecule has 106 valence electrons. The van der Waals surface area contributed by atoms with Crippen LogP contribution in [0.2, 0.25) is 0 Å². The topological polar surface area (TPSA) is 59.2 Å². The molecule has 1 aliphatic rings. The fourth-order valence-electron chi connectivity index (χ4n) is 2.30. The molecule has 5 heteroatoms. The Bertz CT molecular complexity index is 421. The first-order valence-corrected chi connectivity index (χ1v) is 6.54. The number of carbonyl (C=O) groups is 1. The summed E-state index contributed by atoms with van der Waals surface area (Å²) >= 11 is 0. The van der Waals surface area contributed by atoms with E-state index in [-0.39, 0.29) is 18.3 Å². The zero-order valence-electron chi connectivity index (χ0n) is 11.5. The van der Waals surface area contributed by atoms with E-state index in [1.54, 1.807) is 12.3 Å². The number of nitrogens with two attached hydrogens (primary N) is 1. The van der Waals surface area contributed by atoms with Gasteiger partial charge in [0.05, 0.1) is 18.3 Å². The van der Waals surface area contributed by atoms with Crippen molar-refractivity contribution in [3.05, 3.63) is 24.0 Å². The number of hydrogen-bond acceptors (Lipinski definition) is 3. The minimum Gasteiger partial charge on any atom is -0.397 e. The van der Waals surface area contributed by atoms with E-state index in [9.17, 15) is 4.79 Å². The summed E-state index contributed by atoms with van der Waals surface area (Å²) in [5, 5.41) is 0. The van der Waals surface area contributed by atoms with E-state index in [0.29, 0.717) is 23.9 Å². The van der Waals surface area contributed by atoms with Gasteiger partial charge in [0.2, 0.25) is 5.91 Å². The Labute approximate surface area is 120 Å². The first-order chi connectivity index (χ1) is 8.56. The first-order valence-electron chi connectivity index (χ1n) is 6.54. The molecule has 2 unspecified atom stereocenters. The van der Waals surface area contributed by atoms with E-state index in [2.05, 4.69) is 18.8 Å². The molecule has 4 nitrogen and oxygen atoms in total. The van der Waals surface area contributed by atoms with Gasteiger partial charge in [-0.15, -0.1) is 12.4 Å². The summed E-state index contributed by atoms with van der Waals surface area (Å²) in [4.78, 5) is 18.3. The third kappa shape index (κ3) is 4.10. The highest BCUT2D eigenvalue weighted by Crippen LogP contribution is 2.22. The number of carbonyl (C=O) groups excluding carboxylic acids is 1. The molecule has 0 aliphatic carbocycles. The van der Waals surface area contributed by atoms with Gasteiger partial charge in [0.15, 0.2) is 0 Å². The lowest BCUT2D eigenvalue weighted by Crippen LogP contribution is -2.42. The van der Waals surface area contributed by atoms with E-state index in [0.717, 1.165) is 25.2 Å². The Morgan fingerprint density at radius 1 is 1.42 bits per heavy atom. The summed E-state index contributed by atoms with van der Waals surface area (Å²) in [5.74, 6) is 1.47. The minimum absolute atomic E-state index is 0. The smallest absolute Gasteiger partial charge is 0.228 e.